The maximum Gasteiger partial charge on any atom is 0.260 e. The predicted molar refractivity (Wildman–Crippen MR) is 92.5 cm³/mol. The number of nitrogens with two attached hydrogens (primary N) is 2. The largest absolute Gasteiger partial charge is 0.397 e. The molecule has 5 N–H and O–H groups in total. The van der Waals surface area contributed by atoms with Crippen molar-refractivity contribution in [3.63, 3.8) is 0 Å². The topological polar surface area (TPSA) is 98.2 Å². The molecular formula is C17H17N3O2S. The van der Waals surface area contributed by atoms with Crippen LogP contribution >= 0.6 is 11.3 Å². The van der Waals surface area contributed by atoms with E-state index < -0.39 is 5.91 Å². The molecule has 0 bridgehead atoms. The van der Waals surface area contributed by atoms with Gasteiger partial charge in [-0.1, -0.05) is 30.3 Å². The Morgan fingerprint density at radius 1 is 1.22 bits per heavy atom. The van der Waals surface area contributed by atoms with Crippen molar-refractivity contribution >= 4 is 33.7 Å². The quantitative estimate of drug-likeness (QED) is 0.807. The van der Waals surface area contributed by atoms with E-state index in [1.54, 1.807) is 6.92 Å². The number of fused-ring (bicyclic) bond motifs is 1. The van der Waals surface area contributed by atoms with Crippen LogP contribution in [0, 0.1) is 0 Å². The van der Waals surface area contributed by atoms with Gasteiger partial charge in [0, 0.05) is 22.8 Å². The van der Waals surface area contributed by atoms with E-state index in [4.69, 9.17) is 11.5 Å². The van der Waals surface area contributed by atoms with Crippen LogP contribution in [0.4, 0.5) is 10.7 Å². The second kappa shape index (κ2) is 5.55. The summed E-state index contributed by atoms with van der Waals surface area (Å²) < 4.78 is 0. The molecule has 1 aliphatic heterocycles. The van der Waals surface area contributed by atoms with E-state index in [1.807, 2.05) is 37.3 Å². The van der Waals surface area contributed by atoms with E-state index in [9.17, 15) is 9.59 Å². The maximum atomic E-state index is 12.2. The van der Waals surface area contributed by atoms with Gasteiger partial charge in [0.1, 0.15) is 4.88 Å². The first kappa shape index (κ1) is 15.3. The lowest BCUT2D eigenvalue weighted by atomic mass is 9.80. The van der Waals surface area contributed by atoms with E-state index in [0.29, 0.717) is 16.1 Å². The standard InChI is InChI=1S/C17H17N3O2S/c1-8-11(9(2)21)12(10-6-4-3-5-7-10)13-14(18)15(16(19)22)23-17(13)20-8/h3-7,12,20H,18H2,1-2H3,(H2,19,22)/t12-/m1/s1. The van der Waals surface area contributed by atoms with Gasteiger partial charge in [-0.15, -0.1) is 11.3 Å². The van der Waals surface area contributed by atoms with Gasteiger partial charge in [-0.3, -0.25) is 9.59 Å². The number of primary amides is 1. The number of hydrogen-bond acceptors (Lipinski definition) is 5. The second-order valence-corrected chi connectivity index (χ2v) is 6.54. The third-order valence-corrected chi connectivity index (χ3v) is 5.15. The van der Waals surface area contributed by atoms with Crippen LogP contribution in [0.5, 0.6) is 0 Å². The third kappa shape index (κ3) is 2.41. The van der Waals surface area contributed by atoms with Crippen LogP contribution in [0.15, 0.2) is 41.6 Å². The summed E-state index contributed by atoms with van der Waals surface area (Å²) in [5.41, 5.74) is 15.1. The number of thiophene rings is 1. The van der Waals surface area contributed by atoms with E-state index >= 15 is 0 Å². The van der Waals surface area contributed by atoms with Gasteiger partial charge < -0.3 is 16.8 Å². The van der Waals surface area contributed by atoms with Crippen molar-refractivity contribution in [1.82, 2.24) is 0 Å². The highest BCUT2D eigenvalue weighted by Crippen LogP contribution is 2.49. The summed E-state index contributed by atoms with van der Waals surface area (Å²) in [6.07, 6.45) is 0. The molecule has 0 aliphatic carbocycles. The number of Topliss-reactive ketones (excluding diaryl/α,β-unsaturated/α-hetero) is 1. The minimum atomic E-state index is -0.558. The SMILES string of the molecule is CC(=O)C1=C(C)Nc2sc(C(N)=O)c(N)c2[C@@H]1c1ccccc1. The van der Waals surface area contributed by atoms with Crippen LogP contribution in [-0.2, 0) is 4.79 Å². The van der Waals surface area contributed by atoms with Crippen LogP contribution in [-0.4, -0.2) is 11.7 Å². The molecule has 2 aromatic rings. The van der Waals surface area contributed by atoms with Gasteiger partial charge in [-0.25, -0.2) is 0 Å². The highest BCUT2D eigenvalue weighted by Gasteiger charge is 2.35. The van der Waals surface area contributed by atoms with E-state index in [1.165, 1.54) is 11.3 Å². The molecule has 23 heavy (non-hydrogen) atoms. The Kier molecular flexibility index (Phi) is 3.69. The van der Waals surface area contributed by atoms with Gasteiger partial charge in [0.25, 0.3) is 5.91 Å². The minimum absolute atomic E-state index is 0.0271. The Balaban J connectivity index is 2.29. The number of carbonyl (C=O) groups is 2. The molecular weight excluding hydrogens is 310 g/mol. The smallest absolute Gasteiger partial charge is 0.260 e. The fourth-order valence-corrected chi connectivity index (χ4v) is 4.13. The van der Waals surface area contributed by atoms with Crippen molar-refractivity contribution in [3.05, 3.63) is 57.6 Å². The Bertz CT molecular complexity index is 837. The lowest BCUT2D eigenvalue weighted by molar-refractivity contribution is -0.113. The summed E-state index contributed by atoms with van der Waals surface area (Å²) in [6, 6.07) is 9.67. The summed E-state index contributed by atoms with van der Waals surface area (Å²) in [7, 11) is 0. The number of allylic oxidation sites excluding steroid dienone is 2. The van der Waals surface area contributed by atoms with Gasteiger partial charge in [-0.2, -0.15) is 0 Å². The van der Waals surface area contributed by atoms with Crippen LogP contribution in [0.3, 0.4) is 0 Å². The van der Waals surface area contributed by atoms with Gasteiger partial charge >= 0.3 is 0 Å². The number of benzene rings is 1. The molecule has 1 amide bonds. The summed E-state index contributed by atoms with van der Waals surface area (Å²) in [6.45, 7) is 3.40. The third-order valence-electron chi connectivity index (χ3n) is 4.00. The van der Waals surface area contributed by atoms with Crippen molar-refractivity contribution in [3.8, 4) is 0 Å². The number of amides is 1. The fourth-order valence-electron chi connectivity index (χ4n) is 3.06. The van der Waals surface area contributed by atoms with Gasteiger partial charge in [-0.05, 0) is 19.4 Å². The maximum absolute atomic E-state index is 12.2. The molecule has 1 aliphatic rings. The zero-order valence-corrected chi connectivity index (χ0v) is 13.7. The average molecular weight is 327 g/mol. The number of ketones is 1. The first-order chi connectivity index (χ1) is 10.9. The molecule has 0 saturated carbocycles. The highest BCUT2D eigenvalue weighted by atomic mass is 32.1. The van der Waals surface area contributed by atoms with E-state index in [-0.39, 0.29) is 11.7 Å². The molecule has 2 heterocycles. The summed E-state index contributed by atoms with van der Waals surface area (Å²) >= 11 is 1.23. The van der Waals surface area contributed by atoms with E-state index in [0.717, 1.165) is 21.8 Å². The number of carbonyl (C=O) groups excluding carboxylic acids is 2. The number of nitrogens with one attached hydrogen (secondary N) is 1. The van der Waals surface area contributed by atoms with Crippen molar-refractivity contribution in [2.45, 2.75) is 19.8 Å². The molecule has 0 fully saturated rings. The first-order valence-corrected chi connectivity index (χ1v) is 7.99. The molecule has 5 nitrogen and oxygen atoms in total. The van der Waals surface area contributed by atoms with Crippen LogP contribution < -0.4 is 16.8 Å². The molecule has 3 rings (SSSR count). The fraction of sp³-hybridized carbons (Fsp3) is 0.176. The van der Waals surface area contributed by atoms with Crippen molar-refractivity contribution < 1.29 is 9.59 Å². The normalized spacial score (nSPS) is 16.7. The highest BCUT2D eigenvalue weighted by molar-refractivity contribution is 7.18. The zero-order chi connectivity index (χ0) is 16.7. The molecule has 118 valence electrons. The summed E-state index contributed by atoms with van der Waals surface area (Å²) in [5.74, 6) is -0.882. The number of anilines is 2. The minimum Gasteiger partial charge on any atom is -0.397 e. The van der Waals surface area contributed by atoms with Crippen molar-refractivity contribution in [1.29, 1.82) is 0 Å². The van der Waals surface area contributed by atoms with Crippen molar-refractivity contribution in [2.75, 3.05) is 11.1 Å². The molecule has 0 radical (unpaired) electrons. The number of rotatable bonds is 3. The molecule has 0 saturated heterocycles. The Morgan fingerprint density at radius 2 is 1.87 bits per heavy atom. The molecule has 0 spiro atoms. The summed E-state index contributed by atoms with van der Waals surface area (Å²) in [4.78, 5) is 24.2. The van der Waals surface area contributed by atoms with Crippen LogP contribution in [0.2, 0.25) is 0 Å². The monoisotopic (exact) mass is 327 g/mol. The number of nitrogen functional groups attached to an aromatic ring is 1. The molecule has 6 heteroatoms. The Morgan fingerprint density at radius 3 is 2.43 bits per heavy atom. The Labute approximate surface area is 138 Å². The van der Waals surface area contributed by atoms with Crippen LogP contribution in [0.1, 0.15) is 40.6 Å². The first-order valence-electron chi connectivity index (χ1n) is 7.17. The predicted octanol–water partition coefficient (Wildman–Crippen LogP) is 2.85. The number of hydrogen-bond donors (Lipinski definition) is 3. The lowest BCUT2D eigenvalue weighted by Gasteiger charge is -2.28. The van der Waals surface area contributed by atoms with Gasteiger partial charge in [0.05, 0.1) is 10.7 Å². The van der Waals surface area contributed by atoms with E-state index in [2.05, 4.69) is 5.32 Å². The lowest BCUT2D eigenvalue weighted by Crippen LogP contribution is -2.21. The summed E-state index contributed by atoms with van der Waals surface area (Å²) in [5, 5.41) is 3.97. The second-order valence-electron chi connectivity index (χ2n) is 5.52. The Hall–Kier alpha value is -2.60. The zero-order valence-electron chi connectivity index (χ0n) is 12.8. The van der Waals surface area contributed by atoms with Gasteiger partial charge in [0.2, 0.25) is 0 Å². The van der Waals surface area contributed by atoms with Gasteiger partial charge in [0.15, 0.2) is 5.78 Å². The average Bonchev–Trinajstić information content (AvgIpc) is 2.83. The van der Waals surface area contributed by atoms with Crippen LogP contribution in [0.25, 0.3) is 0 Å². The molecule has 0 unspecified atom stereocenters. The molecule has 1 atom stereocenters. The molecule has 1 aromatic heterocycles. The molecule has 1 aromatic carbocycles. The van der Waals surface area contributed by atoms with Crippen molar-refractivity contribution in [2.24, 2.45) is 5.73 Å².